The molecule has 1 aromatic heterocycles. The maximum atomic E-state index is 5.92. The Morgan fingerprint density at radius 1 is 1.22 bits per heavy atom. The molecule has 0 saturated heterocycles. The molecule has 0 aliphatic rings. The Bertz CT molecular complexity index is 481. The Balaban J connectivity index is 1.98. The average molecular weight is 262 g/mol. The summed E-state index contributed by atoms with van der Waals surface area (Å²) in [4.78, 5) is 4.50. The molecule has 0 bridgehead atoms. The lowest BCUT2D eigenvalue weighted by atomic mass is 10.1. The molecule has 2 aromatic rings. The number of nitrogens with zero attached hydrogens (tertiary/aromatic N) is 2. The van der Waals surface area contributed by atoms with E-state index in [-0.39, 0.29) is 12.1 Å². The molecule has 4 nitrogen and oxygen atoms in total. The van der Waals surface area contributed by atoms with E-state index in [0.29, 0.717) is 6.42 Å². The fourth-order valence-corrected chi connectivity index (χ4v) is 2.34. The van der Waals surface area contributed by atoms with Crippen LogP contribution in [0.2, 0.25) is 0 Å². The van der Waals surface area contributed by atoms with Crippen molar-refractivity contribution >= 4 is 11.5 Å². The van der Waals surface area contributed by atoms with Crippen LogP contribution in [0.25, 0.3) is 0 Å². The average Bonchev–Trinajstić information content (AvgIpc) is 2.77. The van der Waals surface area contributed by atoms with E-state index in [9.17, 15) is 0 Å². The smallest absolute Gasteiger partial charge is 0.146 e. The molecule has 2 unspecified atom stereocenters. The molecule has 0 fully saturated rings. The van der Waals surface area contributed by atoms with E-state index in [4.69, 9.17) is 11.5 Å². The third-order valence-corrected chi connectivity index (χ3v) is 3.57. The number of nitrogens with two attached hydrogens (primary N) is 2. The topological polar surface area (TPSA) is 77.8 Å². The summed E-state index contributed by atoms with van der Waals surface area (Å²) in [5, 5.41) is 0.964. The van der Waals surface area contributed by atoms with Crippen LogP contribution in [0.4, 0.5) is 0 Å². The highest BCUT2D eigenvalue weighted by Gasteiger charge is 2.12. The number of hydrogen-bond acceptors (Lipinski definition) is 5. The second-order valence-electron chi connectivity index (χ2n) is 4.49. The van der Waals surface area contributed by atoms with Gasteiger partial charge >= 0.3 is 0 Å². The third-order valence-electron chi connectivity index (χ3n) is 2.80. The summed E-state index contributed by atoms with van der Waals surface area (Å²) < 4.78 is 4.36. The van der Waals surface area contributed by atoms with Gasteiger partial charge in [-0.05, 0) is 24.0 Å². The Morgan fingerprint density at radius 3 is 2.61 bits per heavy atom. The highest BCUT2D eigenvalue weighted by atomic mass is 32.1. The van der Waals surface area contributed by atoms with E-state index in [1.165, 1.54) is 17.1 Å². The van der Waals surface area contributed by atoms with Gasteiger partial charge in [0.15, 0.2) is 0 Å². The highest BCUT2D eigenvalue weighted by molar-refractivity contribution is 7.05. The maximum Gasteiger partial charge on any atom is 0.146 e. The zero-order valence-corrected chi connectivity index (χ0v) is 11.2. The van der Waals surface area contributed by atoms with Crippen LogP contribution in [0.15, 0.2) is 30.3 Å². The Morgan fingerprint density at radius 2 is 1.94 bits per heavy atom. The van der Waals surface area contributed by atoms with Crippen molar-refractivity contribution in [2.24, 2.45) is 11.5 Å². The molecule has 4 N–H and O–H groups in total. The summed E-state index contributed by atoms with van der Waals surface area (Å²) in [7, 11) is 0. The minimum absolute atomic E-state index is 0.0218. The fourth-order valence-electron chi connectivity index (χ4n) is 1.61. The molecule has 0 aliphatic heterocycles. The van der Waals surface area contributed by atoms with Gasteiger partial charge in [0.25, 0.3) is 0 Å². The van der Waals surface area contributed by atoms with Gasteiger partial charge in [-0.2, -0.15) is 4.37 Å². The van der Waals surface area contributed by atoms with E-state index >= 15 is 0 Å². The van der Waals surface area contributed by atoms with Gasteiger partial charge in [0, 0.05) is 24.9 Å². The van der Waals surface area contributed by atoms with Crippen LogP contribution < -0.4 is 11.5 Å². The number of rotatable bonds is 5. The Labute approximate surface area is 111 Å². The first kappa shape index (κ1) is 13.1. The minimum atomic E-state index is -0.0532. The van der Waals surface area contributed by atoms with E-state index in [1.54, 1.807) is 0 Å². The lowest BCUT2D eigenvalue weighted by molar-refractivity contribution is 0.556. The first-order valence-electron chi connectivity index (χ1n) is 6.01. The van der Waals surface area contributed by atoms with Gasteiger partial charge in [0.1, 0.15) is 10.8 Å². The van der Waals surface area contributed by atoms with Crippen molar-refractivity contribution in [2.45, 2.75) is 31.8 Å². The van der Waals surface area contributed by atoms with Crippen molar-refractivity contribution in [3.05, 3.63) is 46.7 Å². The maximum absolute atomic E-state index is 5.92. The van der Waals surface area contributed by atoms with E-state index in [2.05, 4.69) is 21.5 Å². The number of hydrogen-bond donors (Lipinski definition) is 2. The minimum Gasteiger partial charge on any atom is -0.327 e. The van der Waals surface area contributed by atoms with E-state index < -0.39 is 0 Å². The standard InChI is InChI=1S/C13H18N4S/c1-9(14)11(15)8-13-16-12(17-18-13)7-10-5-3-2-4-6-10/h2-6,9,11H,7-8,14-15H2,1H3. The van der Waals surface area contributed by atoms with Crippen molar-refractivity contribution in [1.29, 1.82) is 0 Å². The summed E-state index contributed by atoms with van der Waals surface area (Å²) in [5.41, 5.74) is 12.9. The summed E-state index contributed by atoms with van der Waals surface area (Å²) in [6.45, 7) is 1.91. The summed E-state index contributed by atoms with van der Waals surface area (Å²) in [6, 6.07) is 10.1. The summed E-state index contributed by atoms with van der Waals surface area (Å²) >= 11 is 1.42. The van der Waals surface area contributed by atoms with Gasteiger partial charge in [-0.3, -0.25) is 0 Å². The normalized spacial score (nSPS) is 14.4. The van der Waals surface area contributed by atoms with Crippen LogP contribution in [0.5, 0.6) is 0 Å². The first-order chi connectivity index (χ1) is 8.65. The quantitative estimate of drug-likeness (QED) is 0.852. The van der Waals surface area contributed by atoms with Crippen LogP contribution in [0.1, 0.15) is 23.3 Å². The van der Waals surface area contributed by atoms with Crippen molar-refractivity contribution < 1.29 is 0 Å². The lowest BCUT2D eigenvalue weighted by Gasteiger charge is -2.12. The number of benzene rings is 1. The molecule has 0 saturated carbocycles. The van der Waals surface area contributed by atoms with Gasteiger partial charge in [-0.15, -0.1) is 0 Å². The van der Waals surface area contributed by atoms with Gasteiger partial charge in [-0.1, -0.05) is 30.3 Å². The molecule has 0 radical (unpaired) electrons. The van der Waals surface area contributed by atoms with Crippen molar-refractivity contribution in [2.75, 3.05) is 0 Å². The number of aromatic nitrogens is 2. The predicted molar refractivity (Wildman–Crippen MR) is 74.5 cm³/mol. The molecular weight excluding hydrogens is 244 g/mol. The fraction of sp³-hybridized carbons (Fsp3) is 0.385. The lowest BCUT2D eigenvalue weighted by Crippen LogP contribution is -2.40. The first-order valence-corrected chi connectivity index (χ1v) is 6.79. The largest absolute Gasteiger partial charge is 0.327 e. The van der Waals surface area contributed by atoms with Crippen LogP contribution in [0, 0.1) is 0 Å². The molecule has 96 valence electrons. The Kier molecular flexibility index (Phi) is 4.41. The molecule has 2 rings (SSSR count). The van der Waals surface area contributed by atoms with E-state index in [0.717, 1.165) is 17.3 Å². The molecule has 1 heterocycles. The summed E-state index contributed by atoms with van der Waals surface area (Å²) in [6.07, 6.45) is 1.47. The van der Waals surface area contributed by atoms with Gasteiger partial charge in [0.05, 0.1) is 0 Å². The SMILES string of the molecule is CC(N)C(N)Cc1nc(Cc2ccccc2)ns1. The van der Waals surface area contributed by atoms with Crippen LogP contribution in [-0.2, 0) is 12.8 Å². The predicted octanol–water partition coefficient (Wildman–Crippen LogP) is 1.35. The molecule has 2 atom stereocenters. The molecule has 5 heteroatoms. The zero-order valence-electron chi connectivity index (χ0n) is 10.4. The monoisotopic (exact) mass is 262 g/mol. The highest BCUT2D eigenvalue weighted by Crippen LogP contribution is 2.11. The summed E-state index contributed by atoms with van der Waals surface area (Å²) in [5.74, 6) is 0.859. The Hall–Kier alpha value is -1.30. The van der Waals surface area contributed by atoms with Crippen molar-refractivity contribution in [1.82, 2.24) is 9.36 Å². The molecule has 1 aromatic carbocycles. The molecule has 18 heavy (non-hydrogen) atoms. The second kappa shape index (κ2) is 6.04. The van der Waals surface area contributed by atoms with Crippen molar-refractivity contribution in [3.8, 4) is 0 Å². The van der Waals surface area contributed by atoms with Gasteiger partial charge in [0.2, 0.25) is 0 Å². The van der Waals surface area contributed by atoms with Gasteiger partial charge < -0.3 is 11.5 Å². The van der Waals surface area contributed by atoms with E-state index in [1.807, 2.05) is 25.1 Å². The van der Waals surface area contributed by atoms with Crippen LogP contribution in [0.3, 0.4) is 0 Å². The van der Waals surface area contributed by atoms with Crippen LogP contribution >= 0.6 is 11.5 Å². The molecule has 0 spiro atoms. The third kappa shape index (κ3) is 3.60. The second-order valence-corrected chi connectivity index (χ2v) is 5.33. The molecule has 0 aliphatic carbocycles. The van der Waals surface area contributed by atoms with Crippen LogP contribution in [-0.4, -0.2) is 21.4 Å². The molecule has 0 amide bonds. The zero-order chi connectivity index (χ0) is 13.0. The van der Waals surface area contributed by atoms with Crippen molar-refractivity contribution in [3.63, 3.8) is 0 Å². The van der Waals surface area contributed by atoms with Gasteiger partial charge in [-0.25, -0.2) is 4.98 Å². The molecular formula is C13H18N4S.